The average Bonchev–Trinajstić information content (AvgIpc) is 2.96. The standard InChI is InChI=1S/C15H31N3/c1-3-15(4-2,13-16)18-11-9-17(10-12-18)14-7-5-6-8-14/h14H,3-13,16H2,1-2H3. The van der Waals surface area contributed by atoms with E-state index in [1.54, 1.807) is 0 Å². The smallest absolute Gasteiger partial charge is 0.0327 e. The number of rotatable bonds is 5. The van der Waals surface area contributed by atoms with Gasteiger partial charge in [0.2, 0.25) is 0 Å². The topological polar surface area (TPSA) is 32.5 Å². The zero-order valence-corrected chi connectivity index (χ0v) is 12.3. The molecule has 0 atom stereocenters. The summed E-state index contributed by atoms with van der Waals surface area (Å²) in [4.78, 5) is 5.40. The van der Waals surface area contributed by atoms with Crippen LogP contribution in [0.3, 0.4) is 0 Å². The van der Waals surface area contributed by atoms with Crippen LogP contribution in [-0.4, -0.2) is 54.1 Å². The third-order valence-electron chi connectivity index (χ3n) is 5.52. The van der Waals surface area contributed by atoms with Gasteiger partial charge in [0.1, 0.15) is 0 Å². The van der Waals surface area contributed by atoms with E-state index in [2.05, 4.69) is 23.6 Å². The van der Waals surface area contributed by atoms with Crippen LogP contribution < -0.4 is 5.73 Å². The highest BCUT2D eigenvalue weighted by Crippen LogP contribution is 2.28. The van der Waals surface area contributed by atoms with Gasteiger partial charge in [0.25, 0.3) is 0 Å². The van der Waals surface area contributed by atoms with Crippen molar-refractivity contribution in [1.82, 2.24) is 9.80 Å². The third kappa shape index (κ3) is 2.73. The molecule has 2 rings (SSSR count). The Bertz CT molecular complexity index is 228. The molecule has 1 saturated heterocycles. The monoisotopic (exact) mass is 253 g/mol. The maximum Gasteiger partial charge on any atom is 0.0327 e. The molecule has 1 heterocycles. The number of nitrogens with two attached hydrogens (primary N) is 1. The summed E-state index contributed by atoms with van der Waals surface area (Å²) in [7, 11) is 0. The SMILES string of the molecule is CCC(CC)(CN)N1CCN(C2CCCC2)CC1. The van der Waals surface area contributed by atoms with Crippen LogP contribution in [0.1, 0.15) is 52.4 Å². The molecule has 0 radical (unpaired) electrons. The van der Waals surface area contributed by atoms with Gasteiger partial charge in [0.05, 0.1) is 0 Å². The van der Waals surface area contributed by atoms with Gasteiger partial charge < -0.3 is 5.73 Å². The fourth-order valence-electron chi connectivity index (χ4n) is 3.95. The first-order valence-electron chi connectivity index (χ1n) is 7.95. The van der Waals surface area contributed by atoms with Crippen LogP contribution in [0, 0.1) is 0 Å². The quantitative estimate of drug-likeness (QED) is 0.814. The molecule has 2 N–H and O–H groups in total. The molecule has 2 aliphatic rings. The lowest BCUT2D eigenvalue weighted by molar-refractivity contribution is 0.0171. The molecule has 0 aromatic carbocycles. The molecular formula is C15H31N3. The maximum absolute atomic E-state index is 6.06. The Labute approximate surface area is 113 Å². The highest BCUT2D eigenvalue weighted by molar-refractivity contribution is 4.93. The summed E-state index contributed by atoms with van der Waals surface area (Å²) >= 11 is 0. The van der Waals surface area contributed by atoms with E-state index < -0.39 is 0 Å². The molecule has 1 aliphatic carbocycles. The van der Waals surface area contributed by atoms with Gasteiger partial charge in [-0.25, -0.2) is 0 Å². The Morgan fingerprint density at radius 2 is 1.56 bits per heavy atom. The van der Waals surface area contributed by atoms with E-state index in [0.717, 1.165) is 12.6 Å². The predicted octanol–water partition coefficient (Wildman–Crippen LogP) is 2.06. The van der Waals surface area contributed by atoms with E-state index in [4.69, 9.17) is 5.73 Å². The molecule has 0 unspecified atom stereocenters. The lowest BCUT2D eigenvalue weighted by Crippen LogP contribution is -2.60. The van der Waals surface area contributed by atoms with E-state index in [-0.39, 0.29) is 5.54 Å². The summed E-state index contributed by atoms with van der Waals surface area (Å²) in [6.45, 7) is 10.3. The van der Waals surface area contributed by atoms with Crippen LogP contribution in [0.4, 0.5) is 0 Å². The van der Waals surface area contributed by atoms with Gasteiger partial charge in [-0.15, -0.1) is 0 Å². The molecule has 1 saturated carbocycles. The fraction of sp³-hybridized carbons (Fsp3) is 1.00. The van der Waals surface area contributed by atoms with Crippen molar-refractivity contribution in [3.63, 3.8) is 0 Å². The molecule has 3 heteroatoms. The molecule has 0 aromatic rings. The third-order valence-corrected chi connectivity index (χ3v) is 5.52. The van der Waals surface area contributed by atoms with E-state index >= 15 is 0 Å². The van der Waals surface area contributed by atoms with Crippen LogP contribution in [-0.2, 0) is 0 Å². The summed E-state index contributed by atoms with van der Waals surface area (Å²) in [5.41, 5.74) is 6.33. The van der Waals surface area contributed by atoms with Gasteiger partial charge in [-0.05, 0) is 25.7 Å². The van der Waals surface area contributed by atoms with Crippen LogP contribution in [0.25, 0.3) is 0 Å². The zero-order valence-electron chi connectivity index (χ0n) is 12.3. The second-order valence-electron chi connectivity index (χ2n) is 6.10. The molecule has 106 valence electrons. The number of nitrogens with zero attached hydrogens (tertiary/aromatic N) is 2. The minimum absolute atomic E-state index is 0.266. The summed E-state index contributed by atoms with van der Waals surface area (Å²) < 4.78 is 0. The van der Waals surface area contributed by atoms with Crippen molar-refractivity contribution >= 4 is 0 Å². The van der Waals surface area contributed by atoms with Gasteiger partial charge in [0, 0.05) is 44.3 Å². The lowest BCUT2D eigenvalue weighted by atomic mass is 9.90. The Balaban J connectivity index is 1.88. The molecular weight excluding hydrogens is 222 g/mol. The maximum atomic E-state index is 6.06. The number of hydrogen-bond donors (Lipinski definition) is 1. The minimum Gasteiger partial charge on any atom is -0.329 e. The van der Waals surface area contributed by atoms with Gasteiger partial charge in [-0.2, -0.15) is 0 Å². The average molecular weight is 253 g/mol. The van der Waals surface area contributed by atoms with Crippen LogP contribution in [0.5, 0.6) is 0 Å². The van der Waals surface area contributed by atoms with Crippen LogP contribution in [0.2, 0.25) is 0 Å². The van der Waals surface area contributed by atoms with Crippen molar-refractivity contribution in [3.8, 4) is 0 Å². The van der Waals surface area contributed by atoms with Gasteiger partial charge in [0.15, 0.2) is 0 Å². The van der Waals surface area contributed by atoms with E-state index in [1.807, 2.05) is 0 Å². The molecule has 0 bridgehead atoms. The first-order valence-corrected chi connectivity index (χ1v) is 7.95. The second kappa shape index (κ2) is 6.36. The summed E-state index contributed by atoms with van der Waals surface area (Å²) in [6.07, 6.45) is 8.13. The van der Waals surface area contributed by atoms with Crippen LogP contribution >= 0.6 is 0 Å². The van der Waals surface area contributed by atoms with Crippen molar-refractivity contribution in [2.24, 2.45) is 5.73 Å². The molecule has 1 aliphatic heterocycles. The minimum atomic E-state index is 0.266. The largest absolute Gasteiger partial charge is 0.329 e. The summed E-state index contributed by atoms with van der Waals surface area (Å²) in [5.74, 6) is 0. The Kier molecular flexibility index (Phi) is 5.05. The van der Waals surface area contributed by atoms with Crippen LogP contribution in [0.15, 0.2) is 0 Å². The first-order chi connectivity index (χ1) is 8.75. The predicted molar refractivity (Wildman–Crippen MR) is 77.8 cm³/mol. The van der Waals surface area contributed by atoms with E-state index in [9.17, 15) is 0 Å². The molecule has 3 nitrogen and oxygen atoms in total. The Morgan fingerprint density at radius 1 is 1.00 bits per heavy atom. The van der Waals surface area contributed by atoms with Crippen molar-refractivity contribution in [3.05, 3.63) is 0 Å². The number of piperazine rings is 1. The van der Waals surface area contributed by atoms with E-state index in [0.29, 0.717) is 0 Å². The molecule has 0 spiro atoms. The van der Waals surface area contributed by atoms with Gasteiger partial charge >= 0.3 is 0 Å². The Hall–Kier alpha value is -0.120. The first kappa shape index (κ1) is 14.3. The van der Waals surface area contributed by atoms with Crippen molar-refractivity contribution in [1.29, 1.82) is 0 Å². The van der Waals surface area contributed by atoms with Crippen molar-refractivity contribution in [2.75, 3.05) is 32.7 Å². The molecule has 2 fully saturated rings. The number of hydrogen-bond acceptors (Lipinski definition) is 3. The normalized spacial score (nSPS) is 24.8. The Morgan fingerprint density at radius 3 is 2.00 bits per heavy atom. The van der Waals surface area contributed by atoms with Gasteiger partial charge in [-0.1, -0.05) is 26.7 Å². The van der Waals surface area contributed by atoms with Gasteiger partial charge in [-0.3, -0.25) is 9.80 Å². The zero-order chi connectivity index (χ0) is 13.0. The second-order valence-corrected chi connectivity index (χ2v) is 6.10. The molecule has 0 aromatic heterocycles. The summed E-state index contributed by atoms with van der Waals surface area (Å²) in [5, 5.41) is 0. The van der Waals surface area contributed by atoms with E-state index in [1.165, 1.54) is 64.7 Å². The lowest BCUT2D eigenvalue weighted by Gasteiger charge is -2.48. The summed E-state index contributed by atoms with van der Waals surface area (Å²) in [6, 6.07) is 0.891. The van der Waals surface area contributed by atoms with Crippen molar-refractivity contribution in [2.45, 2.75) is 64.0 Å². The van der Waals surface area contributed by atoms with Crippen molar-refractivity contribution < 1.29 is 0 Å². The molecule has 0 amide bonds. The fourth-order valence-corrected chi connectivity index (χ4v) is 3.95. The highest BCUT2D eigenvalue weighted by atomic mass is 15.3. The highest BCUT2D eigenvalue weighted by Gasteiger charge is 2.35. The molecule has 18 heavy (non-hydrogen) atoms.